The molecule has 0 aliphatic carbocycles. The SMILES string of the molecule is COc1ccc(CCN)cc1OCCOc1cc(C)cc(C)c1. The molecule has 0 radical (unpaired) electrons. The minimum absolute atomic E-state index is 0.454. The molecule has 0 amide bonds. The van der Waals surface area contributed by atoms with Crippen LogP contribution in [-0.4, -0.2) is 26.9 Å². The van der Waals surface area contributed by atoms with Crippen LogP contribution in [0.5, 0.6) is 17.2 Å². The van der Waals surface area contributed by atoms with Crippen molar-refractivity contribution in [2.24, 2.45) is 5.73 Å². The molecule has 0 aliphatic heterocycles. The van der Waals surface area contributed by atoms with Gasteiger partial charge in [-0.15, -0.1) is 0 Å². The molecule has 0 saturated heterocycles. The third kappa shape index (κ3) is 5.18. The van der Waals surface area contributed by atoms with Crippen LogP contribution in [0.4, 0.5) is 0 Å². The van der Waals surface area contributed by atoms with Crippen LogP contribution >= 0.6 is 0 Å². The molecule has 2 aromatic carbocycles. The number of benzene rings is 2. The molecule has 0 fully saturated rings. The second-order valence-corrected chi connectivity index (χ2v) is 5.54. The van der Waals surface area contributed by atoms with Crippen molar-refractivity contribution in [1.29, 1.82) is 0 Å². The van der Waals surface area contributed by atoms with Crippen LogP contribution in [0.25, 0.3) is 0 Å². The summed E-state index contributed by atoms with van der Waals surface area (Å²) in [5.74, 6) is 2.31. The molecular formula is C19H25NO3. The van der Waals surface area contributed by atoms with Gasteiger partial charge in [-0.3, -0.25) is 0 Å². The summed E-state index contributed by atoms with van der Waals surface area (Å²) in [5.41, 5.74) is 9.12. The summed E-state index contributed by atoms with van der Waals surface area (Å²) < 4.78 is 16.9. The van der Waals surface area contributed by atoms with Gasteiger partial charge in [-0.1, -0.05) is 12.1 Å². The number of hydrogen-bond acceptors (Lipinski definition) is 4. The highest BCUT2D eigenvalue weighted by atomic mass is 16.5. The number of ether oxygens (including phenoxy) is 3. The maximum atomic E-state index is 5.81. The molecule has 4 heteroatoms. The second kappa shape index (κ2) is 8.44. The Morgan fingerprint density at radius 3 is 2.22 bits per heavy atom. The second-order valence-electron chi connectivity index (χ2n) is 5.54. The monoisotopic (exact) mass is 315 g/mol. The summed E-state index contributed by atoms with van der Waals surface area (Å²) in [6, 6.07) is 12.1. The van der Waals surface area contributed by atoms with Gasteiger partial charge < -0.3 is 19.9 Å². The molecular weight excluding hydrogens is 290 g/mol. The zero-order chi connectivity index (χ0) is 16.7. The first-order valence-corrected chi connectivity index (χ1v) is 7.83. The Labute approximate surface area is 138 Å². The molecule has 0 aromatic heterocycles. The number of nitrogens with two attached hydrogens (primary N) is 1. The molecule has 0 atom stereocenters. The Kier molecular flexibility index (Phi) is 6.29. The van der Waals surface area contributed by atoms with Gasteiger partial charge in [-0.05, 0) is 67.8 Å². The molecule has 0 heterocycles. The van der Waals surface area contributed by atoms with E-state index >= 15 is 0 Å². The van der Waals surface area contributed by atoms with Gasteiger partial charge in [0.25, 0.3) is 0 Å². The van der Waals surface area contributed by atoms with Crippen molar-refractivity contribution in [3.8, 4) is 17.2 Å². The number of methoxy groups -OCH3 is 1. The van der Waals surface area contributed by atoms with Crippen LogP contribution in [0, 0.1) is 13.8 Å². The Bertz CT molecular complexity index is 620. The van der Waals surface area contributed by atoms with Crippen molar-refractivity contribution < 1.29 is 14.2 Å². The largest absolute Gasteiger partial charge is 0.493 e. The first kappa shape index (κ1) is 17.2. The van der Waals surface area contributed by atoms with Crippen LogP contribution in [-0.2, 0) is 6.42 Å². The normalized spacial score (nSPS) is 10.4. The third-order valence-corrected chi connectivity index (χ3v) is 3.47. The quantitative estimate of drug-likeness (QED) is 0.760. The van der Waals surface area contributed by atoms with Crippen molar-refractivity contribution in [2.45, 2.75) is 20.3 Å². The minimum atomic E-state index is 0.454. The van der Waals surface area contributed by atoms with E-state index in [1.807, 2.05) is 30.3 Å². The molecule has 2 aromatic rings. The smallest absolute Gasteiger partial charge is 0.161 e. The standard InChI is InChI=1S/C19H25NO3/c1-14-10-15(2)12-17(11-14)22-8-9-23-19-13-16(6-7-20)4-5-18(19)21-3/h4-5,10-13H,6-9,20H2,1-3H3. The minimum Gasteiger partial charge on any atom is -0.493 e. The summed E-state index contributed by atoms with van der Waals surface area (Å²) in [7, 11) is 1.64. The van der Waals surface area contributed by atoms with Crippen molar-refractivity contribution in [3.05, 3.63) is 53.1 Å². The predicted molar refractivity (Wildman–Crippen MR) is 92.7 cm³/mol. The van der Waals surface area contributed by atoms with Gasteiger partial charge >= 0.3 is 0 Å². The molecule has 2 N–H and O–H groups in total. The average molecular weight is 315 g/mol. The van der Waals surface area contributed by atoms with Gasteiger partial charge in [0.15, 0.2) is 11.5 Å². The lowest BCUT2D eigenvalue weighted by atomic mass is 10.1. The number of rotatable bonds is 8. The average Bonchev–Trinajstić information content (AvgIpc) is 2.51. The molecule has 0 spiro atoms. The lowest BCUT2D eigenvalue weighted by molar-refractivity contribution is 0.211. The fraction of sp³-hybridized carbons (Fsp3) is 0.368. The highest BCUT2D eigenvalue weighted by Crippen LogP contribution is 2.28. The van der Waals surface area contributed by atoms with E-state index in [2.05, 4.69) is 19.9 Å². The first-order chi connectivity index (χ1) is 11.1. The topological polar surface area (TPSA) is 53.7 Å². The molecule has 0 bridgehead atoms. The Hall–Kier alpha value is -2.20. The van der Waals surface area contributed by atoms with E-state index < -0.39 is 0 Å². The lowest BCUT2D eigenvalue weighted by Crippen LogP contribution is -2.10. The number of hydrogen-bond donors (Lipinski definition) is 1. The van der Waals surface area contributed by atoms with Gasteiger partial charge in [-0.25, -0.2) is 0 Å². The zero-order valence-corrected chi connectivity index (χ0v) is 14.1. The third-order valence-electron chi connectivity index (χ3n) is 3.47. The van der Waals surface area contributed by atoms with E-state index in [0.29, 0.717) is 19.8 Å². The first-order valence-electron chi connectivity index (χ1n) is 7.83. The summed E-state index contributed by atoms with van der Waals surface area (Å²) in [4.78, 5) is 0. The molecule has 4 nitrogen and oxygen atoms in total. The van der Waals surface area contributed by atoms with Crippen molar-refractivity contribution >= 4 is 0 Å². The maximum absolute atomic E-state index is 5.81. The lowest BCUT2D eigenvalue weighted by Gasteiger charge is -2.13. The van der Waals surface area contributed by atoms with E-state index in [0.717, 1.165) is 29.2 Å². The fourth-order valence-electron chi connectivity index (χ4n) is 2.48. The van der Waals surface area contributed by atoms with Gasteiger partial charge in [0.1, 0.15) is 19.0 Å². The van der Waals surface area contributed by atoms with E-state index in [9.17, 15) is 0 Å². The van der Waals surface area contributed by atoms with Crippen LogP contribution in [0.3, 0.4) is 0 Å². The molecule has 124 valence electrons. The molecule has 0 unspecified atom stereocenters. The predicted octanol–water partition coefficient (Wildman–Crippen LogP) is 3.27. The molecule has 0 saturated carbocycles. The number of aryl methyl sites for hydroxylation is 2. The molecule has 0 aliphatic rings. The Morgan fingerprint density at radius 2 is 1.57 bits per heavy atom. The van der Waals surface area contributed by atoms with Gasteiger partial charge in [0.2, 0.25) is 0 Å². The van der Waals surface area contributed by atoms with Crippen LogP contribution in [0.2, 0.25) is 0 Å². The maximum Gasteiger partial charge on any atom is 0.161 e. The van der Waals surface area contributed by atoms with Crippen LogP contribution in [0.1, 0.15) is 16.7 Å². The molecule has 2 rings (SSSR count). The summed E-state index contributed by atoms with van der Waals surface area (Å²) in [6.07, 6.45) is 0.819. The van der Waals surface area contributed by atoms with Crippen molar-refractivity contribution in [1.82, 2.24) is 0 Å². The summed E-state index contributed by atoms with van der Waals surface area (Å²) >= 11 is 0. The van der Waals surface area contributed by atoms with Crippen molar-refractivity contribution in [3.63, 3.8) is 0 Å². The summed E-state index contributed by atoms with van der Waals surface area (Å²) in [6.45, 7) is 5.67. The van der Waals surface area contributed by atoms with Crippen LogP contribution in [0.15, 0.2) is 36.4 Å². The van der Waals surface area contributed by atoms with Crippen LogP contribution < -0.4 is 19.9 Å². The molecule has 23 heavy (non-hydrogen) atoms. The van der Waals surface area contributed by atoms with Crippen molar-refractivity contribution in [2.75, 3.05) is 26.9 Å². The van der Waals surface area contributed by atoms with Gasteiger partial charge in [0, 0.05) is 0 Å². The van der Waals surface area contributed by atoms with E-state index in [1.165, 1.54) is 11.1 Å². The van der Waals surface area contributed by atoms with E-state index in [-0.39, 0.29) is 0 Å². The highest BCUT2D eigenvalue weighted by molar-refractivity contribution is 5.43. The van der Waals surface area contributed by atoms with Gasteiger partial charge in [-0.2, -0.15) is 0 Å². The van der Waals surface area contributed by atoms with E-state index in [4.69, 9.17) is 19.9 Å². The van der Waals surface area contributed by atoms with Gasteiger partial charge in [0.05, 0.1) is 7.11 Å². The van der Waals surface area contributed by atoms with E-state index in [1.54, 1.807) is 7.11 Å². The Balaban J connectivity index is 1.91. The fourth-order valence-corrected chi connectivity index (χ4v) is 2.48. The zero-order valence-electron chi connectivity index (χ0n) is 14.1. The highest BCUT2D eigenvalue weighted by Gasteiger charge is 2.06. The Morgan fingerprint density at radius 1 is 0.870 bits per heavy atom. The summed E-state index contributed by atoms with van der Waals surface area (Å²) in [5, 5.41) is 0.